The molecule has 10 heteroatoms. The molecule has 0 atom stereocenters. The predicted octanol–water partition coefficient (Wildman–Crippen LogP) is 4.23. The van der Waals surface area contributed by atoms with Crippen molar-refractivity contribution in [2.75, 3.05) is 0 Å². The fraction of sp³-hybridized carbons (Fsp3) is 0.105. The minimum Gasteiger partial charge on any atom is -0.456 e. The van der Waals surface area contributed by atoms with E-state index in [0.717, 1.165) is 23.9 Å². The molecular weight excluding hydrogens is 409 g/mol. The highest BCUT2D eigenvalue weighted by Gasteiger charge is 2.35. The summed E-state index contributed by atoms with van der Waals surface area (Å²) < 4.78 is 45.5. The van der Waals surface area contributed by atoms with Crippen LogP contribution >= 0.6 is 11.8 Å². The first-order chi connectivity index (χ1) is 13.5. The van der Waals surface area contributed by atoms with Gasteiger partial charge in [-0.3, -0.25) is 19.7 Å². The van der Waals surface area contributed by atoms with Gasteiger partial charge in [-0.15, -0.1) is 0 Å². The van der Waals surface area contributed by atoms with Crippen molar-refractivity contribution in [2.24, 2.45) is 5.73 Å². The first kappa shape index (κ1) is 20.5. The highest BCUT2D eigenvalue weighted by molar-refractivity contribution is 8.18. The van der Waals surface area contributed by atoms with Crippen LogP contribution in [0, 0.1) is 6.92 Å². The molecular formula is C19H13F3N2O4S. The number of halogens is 3. The van der Waals surface area contributed by atoms with Crippen molar-refractivity contribution in [3.63, 3.8) is 0 Å². The number of carbonyl (C=O) groups is 3. The lowest BCUT2D eigenvalue weighted by Crippen LogP contribution is -2.17. The Hall–Kier alpha value is -3.27. The number of carbonyl (C=O) groups excluding carboxylic acids is 3. The zero-order valence-corrected chi connectivity index (χ0v) is 15.6. The lowest BCUT2D eigenvalue weighted by Gasteiger charge is -2.16. The van der Waals surface area contributed by atoms with Gasteiger partial charge in [-0.2, -0.15) is 13.2 Å². The van der Waals surface area contributed by atoms with Crippen molar-refractivity contribution in [3.8, 4) is 11.5 Å². The highest BCUT2D eigenvalue weighted by atomic mass is 32.2. The van der Waals surface area contributed by atoms with Crippen molar-refractivity contribution in [2.45, 2.75) is 13.1 Å². The zero-order valence-electron chi connectivity index (χ0n) is 14.8. The summed E-state index contributed by atoms with van der Waals surface area (Å²) in [5.41, 5.74) is 4.71. The second-order valence-electron chi connectivity index (χ2n) is 6.05. The number of aryl methyl sites for hydroxylation is 1. The molecule has 3 rings (SSSR count). The van der Waals surface area contributed by atoms with E-state index in [1.807, 2.05) is 0 Å². The third-order valence-electron chi connectivity index (χ3n) is 3.93. The van der Waals surface area contributed by atoms with Crippen molar-refractivity contribution < 1.29 is 32.3 Å². The molecule has 0 aromatic heterocycles. The van der Waals surface area contributed by atoms with Gasteiger partial charge in [0, 0.05) is 5.56 Å². The van der Waals surface area contributed by atoms with Gasteiger partial charge in [-0.25, -0.2) is 0 Å². The van der Waals surface area contributed by atoms with E-state index in [2.05, 4.69) is 5.32 Å². The predicted molar refractivity (Wildman–Crippen MR) is 100 cm³/mol. The molecule has 150 valence electrons. The van der Waals surface area contributed by atoms with E-state index in [0.29, 0.717) is 17.2 Å². The summed E-state index contributed by atoms with van der Waals surface area (Å²) in [5.74, 6) is -1.82. The summed E-state index contributed by atoms with van der Waals surface area (Å²) >= 11 is 0.757. The Kier molecular flexibility index (Phi) is 5.38. The summed E-state index contributed by atoms with van der Waals surface area (Å²) in [6, 6.07) is 7.40. The van der Waals surface area contributed by atoms with E-state index < -0.39 is 34.5 Å². The second kappa shape index (κ2) is 7.63. The molecule has 1 heterocycles. The molecule has 3 amide bonds. The molecule has 0 radical (unpaired) electrons. The molecule has 1 fully saturated rings. The smallest absolute Gasteiger partial charge is 0.420 e. The summed E-state index contributed by atoms with van der Waals surface area (Å²) in [7, 11) is 0. The number of benzene rings is 2. The molecule has 0 saturated carbocycles. The number of hydrogen-bond acceptors (Lipinski definition) is 5. The molecule has 1 aliphatic heterocycles. The normalized spacial score (nSPS) is 15.5. The van der Waals surface area contributed by atoms with Crippen LogP contribution in [0.2, 0.25) is 0 Å². The lowest BCUT2D eigenvalue weighted by atomic mass is 10.1. The number of amides is 3. The number of rotatable bonds is 4. The van der Waals surface area contributed by atoms with Crippen LogP contribution in [0.3, 0.4) is 0 Å². The van der Waals surface area contributed by atoms with E-state index in [9.17, 15) is 27.6 Å². The van der Waals surface area contributed by atoms with Gasteiger partial charge >= 0.3 is 6.18 Å². The minimum atomic E-state index is -4.75. The molecule has 1 aliphatic rings. The largest absolute Gasteiger partial charge is 0.456 e. The zero-order chi connectivity index (χ0) is 21.3. The van der Waals surface area contributed by atoms with Gasteiger partial charge in [0.05, 0.1) is 10.5 Å². The molecule has 3 N–H and O–H groups in total. The van der Waals surface area contributed by atoms with Crippen LogP contribution in [-0.2, 0) is 11.0 Å². The van der Waals surface area contributed by atoms with E-state index in [1.165, 1.54) is 18.2 Å². The van der Waals surface area contributed by atoms with Crippen molar-refractivity contribution >= 4 is 34.9 Å². The maximum atomic E-state index is 13.3. The number of primary amides is 1. The summed E-state index contributed by atoms with van der Waals surface area (Å²) in [4.78, 5) is 34.2. The Balaban J connectivity index is 1.91. The third kappa shape index (κ3) is 4.60. The van der Waals surface area contributed by atoms with Crippen LogP contribution in [0.25, 0.3) is 6.08 Å². The fourth-order valence-electron chi connectivity index (χ4n) is 2.56. The molecule has 6 nitrogen and oxygen atoms in total. The Morgan fingerprint density at radius 2 is 1.83 bits per heavy atom. The van der Waals surface area contributed by atoms with Crippen molar-refractivity contribution in [1.29, 1.82) is 0 Å². The van der Waals surface area contributed by atoms with Gasteiger partial charge in [-0.1, -0.05) is 6.07 Å². The monoisotopic (exact) mass is 422 g/mol. The van der Waals surface area contributed by atoms with Crippen LogP contribution < -0.4 is 15.8 Å². The van der Waals surface area contributed by atoms with Gasteiger partial charge in [0.25, 0.3) is 11.1 Å². The van der Waals surface area contributed by atoms with Crippen LogP contribution in [0.5, 0.6) is 11.5 Å². The lowest BCUT2D eigenvalue weighted by molar-refractivity contribution is -0.138. The molecule has 0 bridgehead atoms. The Bertz CT molecular complexity index is 1060. The number of nitrogens with two attached hydrogens (primary N) is 1. The van der Waals surface area contributed by atoms with Crippen molar-refractivity contribution in [3.05, 3.63) is 63.6 Å². The third-order valence-corrected chi connectivity index (χ3v) is 4.74. The first-order valence-electron chi connectivity index (χ1n) is 8.09. The number of alkyl halides is 3. The molecule has 0 spiro atoms. The Morgan fingerprint density at radius 3 is 2.38 bits per heavy atom. The summed E-state index contributed by atoms with van der Waals surface area (Å²) in [6.07, 6.45) is -3.26. The SMILES string of the molecule is Cc1cc(/C=C2/SC(=O)NC2=O)ccc1Oc1ccc(C(N)=O)cc1C(F)(F)F. The van der Waals surface area contributed by atoms with Gasteiger partial charge in [0.15, 0.2) is 0 Å². The van der Waals surface area contributed by atoms with E-state index in [4.69, 9.17) is 10.5 Å². The number of imide groups is 1. The maximum absolute atomic E-state index is 13.3. The molecule has 2 aromatic rings. The molecule has 29 heavy (non-hydrogen) atoms. The quantitative estimate of drug-likeness (QED) is 0.719. The van der Waals surface area contributed by atoms with Crippen LogP contribution in [0.1, 0.15) is 27.0 Å². The fourth-order valence-corrected chi connectivity index (χ4v) is 3.24. The van der Waals surface area contributed by atoms with Crippen LogP contribution in [0.4, 0.5) is 18.0 Å². The maximum Gasteiger partial charge on any atom is 0.420 e. The van der Waals surface area contributed by atoms with Crippen molar-refractivity contribution in [1.82, 2.24) is 5.32 Å². The van der Waals surface area contributed by atoms with Gasteiger partial charge < -0.3 is 10.5 Å². The van der Waals surface area contributed by atoms with Crippen LogP contribution in [-0.4, -0.2) is 17.1 Å². The van der Waals surface area contributed by atoms with Gasteiger partial charge in [0.1, 0.15) is 11.5 Å². The van der Waals surface area contributed by atoms with E-state index in [1.54, 1.807) is 13.0 Å². The summed E-state index contributed by atoms with van der Waals surface area (Å²) in [6.45, 7) is 1.62. The first-order valence-corrected chi connectivity index (χ1v) is 8.90. The van der Waals surface area contributed by atoms with Crippen LogP contribution in [0.15, 0.2) is 41.3 Å². The number of thioether (sulfide) groups is 1. The van der Waals surface area contributed by atoms with Gasteiger partial charge in [0.2, 0.25) is 5.91 Å². The topological polar surface area (TPSA) is 98.5 Å². The number of nitrogens with one attached hydrogen (secondary N) is 1. The molecule has 2 aromatic carbocycles. The molecule has 0 unspecified atom stereocenters. The molecule has 0 aliphatic carbocycles. The Labute approximate surface area is 166 Å². The van der Waals surface area contributed by atoms with E-state index >= 15 is 0 Å². The Morgan fingerprint density at radius 1 is 1.14 bits per heavy atom. The number of hydrogen-bond donors (Lipinski definition) is 2. The average Bonchev–Trinajstić information content (AvgIpc) is 2.93. The summed E-state index contributed by atoms with van der Waals surface area (Å²) in [5, 5.41) is 1.66. The minimum absolute atomic E-state index is 0.157. The van der Waals surface area contributed by atoms with Gasteiger partial charge in [-0.05, 0) is 66.2 Å². The highest BCUT2D eigenvalue weighted by Crippen LogP contribution is 2.39. The average molecular weight is 422 g/mol. The van der Waals surface area contributed by atoms with E-state index in [-0.39, 0.29) is 16.2 Å². The molecule has 1 saturated heterocycles. The standard InChI is InChI=1S/C19H13F3N2O4S/c1-9-6-10(7-15-17(26)24-18(27)29-15)2-4-13(9)28-14-5-3-11(16(23)25)8-12(14)19(20,21)22/h2-8H,1H3,(H2,23,25)(H,24,26,27)/b15-7+. The second-order valence-corrected chi connectivity index (χ2v) is 7.07. The number of ether oxygens (including phenoxy) is 1.